The first-order valence-corrected chi connectivity index (χ1v) is 8.16. The maximum atomic E-state index is 11.8. The van der Waals surface area contributed by atoms with E-state index in [1.54, 1.807) is 30.5 Å². The molecular weight excluding hydrogens is 326 g/mol. The number of anilines is 3. The molecule has 0 atom stereocenters. The Balaban J connectivity index is 2.24. The summed E-state index contributed by atoms with van der Waals surface area (Å²) in [6.07, 6.45) is 1.61. The van der Waals surface area contributed by atoms with Crippen LogP contribution in [0.15, 0.2) is 30.5 Å². The minimum atomic E-state index is -3.55. The number of hydrogen-bond donors (Lipinski definition) is 2. The van der Waals surface area contributed by atoms with Crippen molar-refractivity contribution in [2.75, 3.05) is 24.1 Å². The summed E-state index contributed by atoms with van der Waals surface area (Å²) in [6.45, 7) is 1.84. The van der Waals surface area contributed by atoms with Gasteiger partial charge in [0.05, 0.1) is 5.69 Å². The van der Waals surface area contributed by atoms with Crippen LogP contribution in [-0.2, 0) is 10.2 Å². The lowest BCUT2D eigenvalue weighted by Gasteiger charge is -2.14. The minimum Gasteiger partial charge on any atom is -0.340 e. The fraction of sp³-hybridized carbons (Fsp3) is 0.231. The third kappa shape index (κ3) is 4.06. The van der Waals surface area contributed by atoms with Crippen molar-refractivity contribution in [1.29, 1.82) is 0 Å². The molecule has 0 unspecified atom stereocenters. The normalized spacial score (nSPS) is 11.5. The molecule has 0 aliphatic rings. The molecule has 0 radical (unpaired) electrons. The third-order valence-corrected chi connectivity index (χ3v) is 4.43. The first kappa shape index (κ1) is 16.5. The van der Waals surface area contributed by atoms with E-state index in [9.17, 15) is 8.42 Å². The van der Waals surface area contributed by atoms with Gasteiger partial charge >= 0.3 is 10.2 Å². The van der Waals surface area contributed by atoms with Gasteiger partial charge in [-0.2, -0.15) is 12.7 Å². The van der Waals surface area contributed by atoms with E-state index in [4.69, 9.17) is 11.6 Å². The second kappa shape index (κ2) is 6.47. The molecule has 0 saturated heterocycles. The van der Waals surface area contributed by atoms with Gasteiger partial charge in [0.2, 0.25) is 5.28 Å². The van der Waals surface area contributed by atoms with E-state index in [1.807, 2.05) is 6.92 Å². The number of aromatic nitrogens is 2. The topological polar surface area (TPSA) is 87.2 Å². The summed E-state index contributed by atoms with van der Waals surface area (Å²) in [5.74, 6) is 0.563. The molecule has 2 rings (SSSR count). The fourth-order valence-electron chi connectivity index (χ4n) is 1.58. The highest BCUT2D eigenvalue weighted by atomic mass is 35.5. The first-order chi connectivity index (χ1) is 10.3. The quantitative estimate of drug-likeness (QED) is 0.815. The molecule has 0 fully saturated rings. The highest BCUT2D eigenvalue weighted by Crippen LogP contribution is 2.22. The Bertz CT molecular complexity index is 780. The molecule has 0 bridgehead atoms. The van der Waals surface area contributed by atoms with Crippen LogP contribution in [0.5, 0.6) is 0 Å². The van der Waals surface area contributed by atoms with Crippen LogP contribution in [0.25, 0.3) is 0 Å². The molecule has 2 aromatic rings. The SMILES string of the molecule is Cc1cnc(Cl)nc1Nc1cccc(NS(=O)(=O)N(C)C)c1. The van der Waals surface area contributed by atoms with Gasteiger partial charge in [-0.1, -0.05) is 6.07 Å². The van der Waals surface area contributed by atoms with Crippen molar-refractivity contribution in [3.05, 3.63) is 41.3 Å². The third-order valence-electron chi connectivity index (χ3n) is 2.80. The molecule has 0 spiro atoms. The predicted octanol–water partition coefficient (Wildman–Crippen LogP) is 2.40. The molecule has 118 valence electrons. The van der Waals surface area contributed by atoms with Crippen LogP contribution in [0.2, 0.25) is 5.28 Å². The van der Waals surface area contributed by atoms with Crippen molar-refractivity contribution in [3.63, 3.8) is 0 Å². The molecule has 1 heterocycles. The van der Waals surface area contributed by atoms with E-state index in [0.717, 1.165) is 9.87 Å². The predicted molar refractivity (Wildman–Crippen MR) is 87.7 cm³/mol. The Morgan fingerprint density at radius 3 is 2.59 bits per heavy atom. The molecule has 7 nitrogen and oxygen atoms in total. The Morgan fingerprint density at radius 2 is 1.91 bits per heavy atom. The van der Waals surface area contributed by atoms with Crippen molar-refractivity contribution >= 4 is 39.0 Å². The van der Waals surface area contributed by atoms with E-state index >= 15 is 0 Å². The minimum absolute atomic E-state index is 0.137. The molecule has 0 aliphatic heterocycles. The summed E-state index contributed by atoms with van der Waals surface area (Å²) in [5.41, 5.74) is 1.94. The standard InChI is InChI=1S/C13H16ClN5O2S/c1-9-8-15-13(14)17-12(9)16-10-5-4-6-11(7-10)18-22(20,21)19(2)3/h4-8,18H,1-3H3,(H,15,16,17). The molecule has 2 N–H and O–H groups in total. The molecular formula is C13H16ClN5O2S. The average Bonchev–Trinajstić information content (AvgIpc) is 2.42. The summed E-state index contributed by atoms with van der Waals surface area (Å²) in [5, 5.41) is 3.22. The van der Waals surface area contributed by atoms with Crippen LogP contribution in [0.3, 0.4) is 0 Å². The number of nitrogens with zero attached hydrogens (tertiary/aromatic N) is 3. The lowest BCUT2D eigenvalue weighted by atomic mass is 10.2. The maximum Gasteiger partial charge on any atom is 0.301 e. The summed E-state index contributed by atoms with van der Waals surface area (Å²) < 4.78 is 27.2. The molecule has 1 aromatic heterocycles. The van der Waals surface area contributed by atoms with Crippen LogP contribution in [-0.4, -0.2) is 36.8 Å². The van der Waals surface area contributed by atoms with Crippen molar-refractivity contribution in [1.82, 2.24) is 14.3 Å². The zero-order valence-corrected chi connectivity index (χ0v) is 13.9. The molecule has 0 aliphatic carbocycles. The van der Waals surface area contributed by atoms with Gasteiger partial charge in [0.15, 0.2) is 0 Å². The molecule has 0 saturated carbocycles. The van der Waals surface area contributed by atoms with Gasteiger partial charge in [-0.25, -0.2) is 9.97 Å². The van der Waals surface area contributed by atoms with E-state index in [0.29, 0.717) is 17.2 Å². The number of benzene rings is 1. The molecule has 0 amide bonds. The van der Waals surface area contributed by atoms with E-state index < -0.39 is 10.2 Å². The fourth-order valence-corrected chi connectivity index (χ4v) is 2.33. The zero-order chi connectivity index (χ0) is 16.3. The van der Waals surface area contributed by atoms with Gasteiger partial charge in [-0.05, 0) is 36.7 Å². The summed E-state index contributed by atoms with van der Waals surface area (Å²) >= 11 is 5.78. The number of hydrogen-bond acceptors (Lipinski definition) is 5. The van der Waals surface area contributed by atoms with E-state index in [2.05, 4.69) is 20.0 Å². The van der Waals surface area contributed by atoms with Crippen LogP contribution in [0.1, 0.15) is 5.56 Å². The monoisotopic (exact) mass is 341 g/mol. The Morgan fingerprint density at radius 1 is 1.23 bits per heavy atom. The van der Waals surface area contributed by atoms with E-state index in [1.165, 1.54) is 14.1 Å². The highest BCUT2D eigenvalue weighted by molar-refractivity contribution is 7.90. The second-order valence-corrected chi connectivity index (χ2v) is 6.99. The largest absolute Gasteiger partial charge is 0.340 e. The van der Waals surface area contributed by atoms with Gasteiger partial charge in [-0.3, -0.25) is 4.72 Å². The van der Waals surface area contributed by atoms with Crippen LogP contribution in [0.4, 0.5) is 17.2 Å². The van der Waals surface area contributed by atoms with Crippen LogP contribution < -0.4 is 10.0 Å². The highest BCUT2D eigenvalue weighted by Gasteiger charge is 2.13. The Kier molecular flexibility index (Phi) is 4.84. The smallest absolute Gasteiger partial charge is 0.301 e. The summed E-state index contributed by atoms with van der Waals surface area (Å²) in [4.78, 5) is 7.98. The van der Waals surface area contributed by atoms with Crippen LogP contribution in [0, 0.1) is 6.92 Å². The van der Waals surface area contributed by atoms with Crippen LogP contribution >= 0.6 is 11.6 Å². The maximum absolute atomic E-state index is 11.8. The lowest BCUT2D eigenvalue weighted by Crippen LogP contribution is -2.28. The molecule has 9 heteroatoms. The number of aryl methyl sites for hydroxylation is 1. The Labute approximate surface area is 134 Å². The average molecular weight is 342 g/mol. The molecule has 22 heavy (non-hydrogen) atoms. The van der Waals surface area contributed by atoms with Gasteiger partial charge in [-0.15, -0.1) is 0 Å². The number of rotatable bonds is 5. The summed E-state index contributed by atoms with van der Waals surface area (Å²) in [6, 6.07) is 6.85. The van der Waals surface area contributed by atoms with Crippen molar-refractivity contribution in [3.8, 4) is 0 Å². The lowest BCUT2D eigenvalue weighted by molar-refractivity contribution is 0.527. The van der Waals surface area contributed by atoms with Gasteiger partial charge in [0.25, 0.3) is 0 Å². The number of nitrogens with one attached hydrogen (secondary N) is 2. The van der Waals surface area contributed by atoms with Gasteiger partial charge in [0, 0.05) is 31.5 Å². The zero-order valence-electron chi connectivity index (χ0n) is 12.3. The van der Waals surface area contributed by atoms with E-state index in [-0.39, 0.29) is 5.28 Å². The first-order valence-electron chi connectivity index (χ1n) is 6.34. The van der Waals surface area contributed by atoms with Gasteiger partial charge < -0.3 is 5.32 Å². The summed E-state index contributed by atoms with van der Waals surface area (Å²) in [7, 11) is -0.637. The molecule has 1 aromatic carbocycles. The van der Waals surface area contributed by atoms with Crippen molar-refractivity contribution in [2.45, 2.75) is 6.92 Å². The van der Waals surface area contributed by atoms with Crippen molar-refractivity contribution in [2.24, 2.45) is 0 Å². The Hall–Kier alpha value is -1.90. The second-order valence-electron chi connectivity index (χ2n) is 4.77. The van der Waals surface area contributed by atoms with Crippen molar-refractivity contribution < 1.29 is 8.42 Å². The van der Waals surface area contributed by atoms with Gasteiger partial charge in [0.1, 0.15) is 5.82 Å². The number of halogens is 1.